The van der Waals surface area contributed by atoms with Crippen molar-refractivity contribution in [3.05, 3.63) is 57.6 Å². The molecule has 174 valence electrons. The van der Waals surface area contributed by atoms with Gasteiger partial charge in [-0.15, -0.1) is 0 Å². The van der Waals surface area contributed by atoms with Crippen LogP contribution in [0.4, 0.5) is 17.1 Å². The minimum absolute atomic E-state index is 0.00897. The number of hydrogen-bond acceptors (Lipinski definition) is 8. The van der Waals surface area contributed by atoms with Crippen LogP contribution in [0.1, 0.15) is 27.6 Å². The van der Waals surface area contributed by atoms with Crippen molar-refractivity contribution >= 4 is 34.8 Å². The second-order valence-corrected chi connectivity index (χ2v) is 7.31. The topological polar surface area (TPSA) is 131 Å². The number of hydrogen-bond donors (Lipinski definition) is 1. The molecule has 2 aromatic rings. The van der Waals surface area contributed by atoms with Crippen LogP contribution in [-0.4, -0.2) is 68.0 Å². The molecule has 1 N–H and O–H groups in total. The zero-order valence-corrected chi connectivity index (χ0v) is 18.5. The van der Waals surface area contributed by atoms with Gasteiger partial charge in [-0.1, -0.05) is 0 Å². The van der Waals surface area contributed by atoms with Crippen LogP contribution in [-0.2, 0) is 9.53 Å². The number of ether oxygens (including phenoxy) is 2. The van der Waals surface area contributed by atoms with Gasteiger partial charge >= 0.3 is 11.7 Å². The van der Waals surface area contributed by atoms with Crippen LogP contribution in [0.3, 0.4) is 0 Å². The fourth-order valence-electron chi connectivity index (χ4n) is 3.59. The van der Waals surface area contributed by atoms with Gasteiger partial charge < -0.3 is 24.6 Å². The molecule has 1 aliphatic heterocycles. The summed E-state index contributed by atoms with van der Waals surface area (Å²) in [4.78, 5) is 51.0. The summed E-state index contributed by atoms with van der Waals surface area (Å²) in [6.07, 6.45) is 0. The average Bonchev–Trinajstić information content (AvgIpc) is 2.83. The maximum Gasteiger partial charge on any atom is 0.337 e. The van der Waals surface area contributed by atoms with Crippen LogP contribution in [0, 0.1) is 10.1 Å². The van der Waals surface area contributed by atoms with E-state index in [1.165, 1.54) is 39.3 Å². The Labute approximate surface area is 190 Å². The maximum absolute atomic E-state index is 13.0. The number of piperazine rings is 1. The van der Waals surface area contributed by atoms with E-state index in [0.29, 0.717) is 37.6 Å². The van der Waals surface area contributed by atoms with E-state index < -0.39 is 16.8 Å². The summed E-state index contributed by atoms with van der Waals surface area (Å²) in [7, 11) is 2.56. The minimum atomic E-state index is -0.632. The molecule has 0 bridgehead atoms. The Bertz CT molecular complexity index is 1090. The number of anilines is 2. The predicted octanol–water partition coefficient (Wildman–Crippen LogP) is 2.31. The van der Waals surface area contributed by atoms with Crippen molar-refractivity contribution in [2.75, 3.05) is 50.6 Å². The highest BCUT2D eigenvalue weighted by Gasteiger charge is 2.24. The number of amides is 2. The van der Waals surface area contributed by atoms with Gasteiger partial charge in [0, 0.05) is 44.7 Å². The third kappa shape index (κ3) is 5.20. The Balaban J connectivity index is 1.92. The Hall–Kier alpha value is -4.15. The molecule has 1 heterocycles. The first-order chi connectivity index (χ1) is 15.7. The quantitative estimate of drug-likeness (QED) is 0.398. The number of esters is 1. The molecule has 0 saturated carbocycles. The molecule has 1 fully saturated rings. The predicted molar refractivity (Wildman–Crippen MR) is 120 cm³/mol. The summed E-state index contributed by atoms with van der Waals surface area (Å²) in [6, 6.07) is 8.67. The van der Waals surface area contributed by atoms with Gasteiger partial charge in [-0.2, -0.15) is 0 Å². The standard InChI is InChI=1S/C22H24N4O7/c1-14(27)24-8-10-25(11-9-24)18-6-4-16(22(29)33-3)12-17(18)23-21(28)15-5-7-20(32-2)19(13-15)26(30)31/h4-7,12-13H,8-11H2,1-3H3,(H,23,28). The van der Waals surface area contributed by atoms with E-state index in [9.17, 15) is 24.5 Å². The molecule has 0 radical (unpaired) electrons. The molecule has 0 spiro atoms. The number of carbonyl (C=O) groups is 3. The van der Waals surface area contributed by atoms with Gasteiger partial charge in [0.2, 0.25) is 5.91 Å². The number of methoxy groups -OCH3 is 2. The summed E-state index contributed by atoms with van der Waals surface area (Å²) in [5.41, 5.74) is 0.951. The van der Waals surface area contributed by atoms with E-state index in [1.54, 1.807) is 17.0 Å². The average molecular weight is 456 g/mol. The molecule has 11 nitrogen and oxygen atoms in total. The number of nitrogens with zero attached hydrogens (tertiary/aromatic N) is 3. The van der Waals surface area contributed by atoms with Gasteiger partial charge in [0.25, 0.3) is 5.91 Å². The molecule has 3 rings (SSSR count). The molecular formula is C22H24N4O7. The van der Waals surface area contributed by atoms with Crippen molar-refractivity contribution in [3.63, 3.8) is 0 Å². The maximum atomic E-state index is 13.0. The summed E-state index contributed by atoms with van der Waals surface area (Å²) in [5.74, 6) is -1.14. The normalized spacial score (nSPS) is 13.3. The second kappa shape index (κ2) is 9.98. The lowest BCUT2D eigenvalue weighted by atomic mass is 10.1. The first-order valence-corrected chi connectivity index (χ1v) is 10.1. The van der Waals surface area contributed by atoms with Crippen LogP contribution < -0.4 is 15.0 Å². The molecule has 0 atom stereocenters. The van der Waals surface area contributed by atoms with Gasteiger partial charge in [0.15, 0.2) is 5.75 Å². The van der Waals surface area contributed by atoms with Crippen molar-refractivity contribution in [1.82, 2.24) is 4.90 Å². The Morgan fingerprint density at radius 3 is 2.24 bits per heavy atom. The SMILES string of the molecule is COC(=O)c1ccc(N2CCN(C(C)=O)CC2)c(NC(=O)c2ccc(OC)c([N+](=O)[O-])c2)c1. The Morgan fingerprint density at radius 1 is 1.00 bits per heavy atom. The van der Waals surface area contributed by atoms with E-state index >= 15 is 0 Å². The molecule has 1 aliphatic rings. The number of rotatable bonds is 6. The summed E-state index contributed by atoms with van der Waals surface area (Å²) >= 11 is 0. The smallest absolute Gasteiger partial charge is 0.337 e. The van der Waals surface area contributed by atoms with Crippen LogP contribution in [0.25, 0.3) is 0 Å². The monoisotopic (exact) mass is 456 g/mol. The summed E-state index contributed by atoms with van der Waals surface area (Å²) in [6.45, 7) is 3.63. The fraction of sp³-hybridized carbons (Fsp3) is 0.318. The van der Waals surface area contributed by atoms with Crippen molar-refractivity contribution in [1.29, 1.82) is 0 Å². The van der Waals surface area contributed by atoms with E-state index in [1.807, 2.05) is 4.90 Å². The molecule has 0 unspecified atom stereocenters. The number of carbonyl (C=O) groups excluding carboxylic acids is 3. The molecule has 33 heavy (non-hydrogen) atoms. The highest BCUT2D eigenvalue weighted by atomic mass is 16.6. The van der Waals surface area contributed by atoms with E-state index in [-0.39, 0.29) is 28.5 Å². The highest BCUT2D eigenvalue weighted by molar-refractivity contribution is 6.07. The molecule has 2 aromatic carbocycles. The summed E-state index contributed by atoms with van der Waals surface area (Å²) < 4.78 is 9.75. The molecule has 2 amide bonds. The van der Waals surface area contributed by atoms with Crippen LogP contribution in [0.2, 0.25) is 0 Å². The van der Waals surface area contributed by atoms with Crippen LogP contribution >= 0.6 is 0 Å². The molecule has 0 aromatic heterocycles. The van der Waals surface area contributed by atoms with Gasteiger partial charge in [0.05, 0.1) is 36.1 Å². The number of benzene rings is 2. The third-order valence-corrected chi connectivity index (χ3v) is 5.37. The number of nitro groups is 1. The highest BCUT2D eigenvalue weighted by Crippen LogP contribution is 2.31. The zero-order valence-electron chi connectivity index (χ0n) is 18.5. The van der Waals surface area contributed by atoms with Crippen molar-refractivity contribution in [2.24, 2.45) is 0 Å². The lowest BCUT2D eigenvalue weighted by molar-refractivity contribution is -0.385. The largest absolute Gasteiger partial charge is 0.490 e. The van der Waals surface area contributed by atoms with Crippen LogP contribution in [0.15, 0.2) is 36.4 Å². The first kappa shape index (κ1) is 23.5. The van der Waals surface area contributed by atoms with E-state index in [0.717, 1.165) is 6.07 Å². The Morgan fingerprint density at radius 2 is 1.67 bits per heavy atom. The molecule has 1 saturated heterocycles. The summed E-state index contributed by atoms with van der Waals surface area (Å²) in [5, 5.41) is 14.1. The lowest BCUT2D eigenvalue weighted by Crippen LogP contribution is -2.48. The van der Waals surface area contributed by atoms with Gasteiger partial charge in [-0.3, -0.25) is 19.7 Å². The zero-order chi connectivity index (χ0) is 24.1. The minimum Gasteiger partial charge on any atom is -0.490 e. The molecule has 11 heteroatoms. The van der Waals surface area contributed by atoms with Crippen molar-refractivity contribution in [2.45, 2.75) is 6.92 Å². The van der Waals surface area contributed by atoms with Gasteiger partial charge in [-0.25, -0.2) is 4.79 Å². The Kier molecular flexibility index (Phi) is 7.11. The second-order valence-electron chi connectivity index (χ2n) is 7.31. The van der Waals surface area contributed by atoms with Crippen molar-refractivity contribution in [3.8, 4) is 5.75 Å². The number of nitro benzene ring substituents is 1. The third-order valence-electron chi connectivity index (χ3n) is 5.37. The van der Waals surface area contributed by atoms with Gasteiger partial charge in [0.1, 0.15) is 0 Å². The van der Waals surface area contributed by atoms with E-state index in [2.05, 4.69) is 5.32 Å². The van der Waals surface area contributed by atoms with E-state index in [4.69, 9.17) is 9.47 Å². The van der Waals surface area contributed by atoms with Crippen molar-refractivity contribution < 1.29 is 28.8 Å². The lowest BCUT2D eigenvalue weighted by Gasteiger charge is -2.36. The van der Waals surface area contributed by atoms with Gasteiger partial charge in [-0.05, 0) is 30.3 Å². The van der Waals surface area contributed by atoms with Crippen LogP contribution in [0.5, 0.6) is 5.75 Å². The number of nitrogens with one attached hydrogen (secondary N) is 1. The fourth-order valence-corrected chi connectivity index (χ4v) is 3.59. The molecule has 0 aliphatic carbocycles. The molecular weight excluding hydrogens is 432 g/mol. The first-order valence-electron chi connectivity index (χ1n) is 10.1.